The second-order valence-electron chi connectivity index (χ2n) is 6.42. The SMILES string of the molecule is CCOc1ccc(C(=O)NCC(=O)NCC(C)(C(=O)O)c2ccccc2)cc1. The van der Waals surface area contributed by atoms with E-state index >= 15 is 0 Å². The molecule has 0 saturated carbocycles. The van der Waals surface area contributed by atoms with Crippen LogP contribution in [-0.2, 0) is 15.0 Å². The summed E-state index contributed by atoms with van der Waals surface area (Å²) in [4.78, 5) is 35.9. The van der Waals surface area contributed by atoms with Gasteiger partial charge >= 0.3 is 5.97 Å². The van der Waals surface area contributed by atoms with Crippen molar-refractivity contribution >= 4 is 17.8 Å². The summed E-state index contributed by atoms with van der Waals surface area (Å²) in [6, 6.07) is 15.3. The van der Waals surface area contributed by atoms with Crippen molar-refractivity contribution in [3.05, 3.63) is 65.7 Å². The van der Waals surface area contributed by atoms with Gasteiger partial charge in [0.05, 0.1) is 13.2 Å². The molecule has 0 aliphatic heterocycles. The van der Waals surface area contributed by atoms with E-state index in [9.17, 15) is 19.5 Å². The molecule has 0 saturated heterocycles. The minimum Gasteiger partial charge on any atom is -0.494 e. The number of hydrogen-bond donors (Lipinski definition) is 3. The van der Waals surface area contributed by atoms with Gasteiger partial charge in [-0.3, -0.25) is 14.4 Å². The molecule has 0 aliphatic rings. The van der Waals surface area contributed by atoms with E-state index in [0.29, 0.717) is 23.5 Å². The molecular weight excluding hydrogens is 360 g/mol. The maximum Gasteiger partial charge on any atom is 0.315 e. The van der Waals surface area contributed by atoms with Gasteiger partial charge in [0.1, 0.15) is 11.2 Å². The van der Waals surface area contributed by atoms with Gasteiger partial charge in [-0.05, 0) is 43.7 Å². The standard InChI is InChI=1S/C21H24N2O5/c1-3-28-17-11-9-15(10-12-17)19(25)22-13-18(24)23-14-21(2,20(26)27)16-7-5-4-6-8-16/h4-12H,3,13-14H2,1-2H3,(H,22,25)(H,23,24)(H,26,27). The van der Waals surface area contributed by atoms with Crippen molar-refractivity contribution in [3.8, 4) is 5.75 Å². The summed E-state index contributed by atoms with van der Waals surface area (Å²) in [6.45, 7) is 3.60. The normalized spacial score (nSPS) is 12.5. The van der Waals surface area contributed by atoms with Crippen LogP contribution in [0.2, 0.25) is 0 Å². The molecule has 7 heteroatoms. The highest BCUT2D eigenvalue weighted by molar-refractivity contribution is 5.96. The monoisotopic (exact) mass is 384 g/mol. The Morgan fingerprint density at radius 3 is 2.21 bits per heavy atom. The minimum absolute atomic E-state index is 0.0932. The van der Waals surface area contributed by atoms with Crippen LogP contribution in [0, 0.1) is 0 Å². The third-order valence-electron chi connectivity index (χ3n) is 4.36. The van der Waals surface area contributed by atoms with Crippen LogP contribution in [0.25, 0.3) is 0 Å². The Morgan fingerprint density at radius 1 is 1.00 bits per heavy atom. The fraction of sp³-hybridized carbons (Fsp3) is 0.286. The van der Waals surface area contributed by atoms with Crippen LogP contribution in [0.1, 0.15) is 29.8 Å². The van der Waals surface area contributed by atoms with Crippen molar-refractivity contribution in [1.29, 1.82) is 0 Å². The van der Waals surface area contributed by atoms with E-state index in [4.69, 9.17) is 4.74 Å². The summed E-state index contributed by atoms with van der Waals surface area (Å²) in [7, 11) is 0. The zero-order chi connectivity index (χ0) is 20.6. The number of nitrogens with one attached hydrogen (secondary N) is 2. The maximum absolute atomic E-state index is 12.1. The number of carbonyl (C=O) groups excluding carboxylic acids is 2. The summed E-state index contributed by atoms with van der Waals surface area (Å²) in [5.74, 6) is -1.26. The number of aliphatic carboxylic acids is 1. The Kier molecular flexibility index (Phi) is 7.14. The van der Waals surface area contributed by atoms with E-state index in [1.807, 2.05) is 6.92 Å². The van der Waals surface area contributed by atoms with Crippen LogP contribution in [0.4, 0.5) is 0 Å². The fourth-order valence-corrected chi connectivity index (χ4v) is 2.58. The quantitative estimate of drug-likeness (QED) is 0.613. The minimum atomic E-state index is -1.27. The lowest BCUT2D eigenvalue weighted by molar-refractivity contribution is -0.143. The van der Waals surface area contributed by atoms with Crippen molar-refractivity contribution in [2.45, 2.75) is 19.3 Å². The molecule has 0 bridgehead atoms. The molecule has 0 heterocycles. The third kappa shape index (κ3) is 5.33. The number of benzene rings is 2. The zero-order valence-electron chi connectivity index (χ0n) is 15.9. The Balaban J connectivity index is 1.89. The van der Waals surface area contributed by atoms with Gasteiger partial charge in [0.2, 0.25) is 5.91 Å². The predicted molar refractivity (Wildman–Crippen MR) is 104 cm³/mol. The number of hydrogen-bond acceptors (Lipinski definition) is 4. The highest BCUT2D eigenvalue weighted by Gasteiger charge is 2.35. The second kappa shape index (κ2) is 9.55. The largest absolute Gasteiger partial charge is 0.494 e. The lowest BCUT2D eigenvalue weighted by Crippen LogP contribution is -2.47. The van der Waals surface area contributed by atoms with E-state index in [2.05, 4.69) is 10.6 Å². The molecule has 2 aromatic carbocycles. The lowest BCUT2D eigenvalue weighted by atomic mass is 9.82. The van der Waals surface area contributed by atoms with Gasteiger partial charge in [-0.25, -0.2) is 0 Å². The first kappa shape index (κ1) is 21.0. The van der Waals surface area contributed by atoms with Crippen LogP contribution < -0.4 is 15.4 Å². The zero-order valence-corrected chi connectivity index (χ0v) is 15.9. The second-order valence-corrected chi connectivity index (χ2v) is 6.42. The van der Waals surface area contributed by atoms with Crippen LogP contribution in [-0.4, -0.2) is 42.6 Å². The van der Waals surface area contributed by atoms with Crippen LogP contribution >= 0.6 is 0 Å². The number of carboxylic acids is 1. The molecule has 148 valence electrons. The van der Waals surface area contributed by atoms with E-state index in [1.54, 1.807) is 61.5 Å². The first-order chi connectivity index (χ1) is 13.4. The van der Waals surface area contributed by atoms with Gasteiger partial charge < -0.3 is 20.5 Å². The number of carbonyl (C=O) groups is 3. The van der Waals surface area contributed by atoms with E-state index in [1.165, 1.54) is 0 Å². The highest BCUT2D eigenvalue weighted by atomic mass is 16.5. The van der Waals surface area contributed by atoms with Crippen molar-refractivity contribution in [3.63, 3.8) is 0 Å². The predicted octanol–water partition coefficient (Wildman–Crippen LogP) is 1.97. The Hall–Kier alpha value is -3.35. The molecule has 2 aromatic rings. The molecule has 2 amide bonds. The molecule has 0 aromatic heterocycles. The van der Waals surface area contributed by atoms with Gasteiger partial charge in [-0.2, -0.15) is 0 Å². The molecule has 7 nitrogen and oxygen atoms in total. The van der Waals surface area contributed by atoms with Gasteiger partial charge in [-0.15, -0.1) is 0 Å². The van der Waals surface area contributed by atoms with Gasteiger partial charge in [-0.1, -0.05) is 30.3 Å². The molecule has 0 fully saturated rings. The first-order valence-corrected chi connectivity index (χ1v) is 8.93. The molecule has 1 unspecified atom stereocenters. The van der Waals surface area contributed by atoms with Crippen molar-refractivity contribution in [1.82, 2.24) is 10.6 Å². The molecule has 3 N–H and O–H groups in total. The maximum atomic E-state index is 12.1. The van der Waals surface area contributed by atoms with Gasteiger partial charge in [0, 0.05) is 12.1 Å². The van der Waals surface area contributed by atoms with E-state index in [0.717, 1.165) is 0 Å². The number of ether oxygens (including phenoxy) is 1. The van der Waals surface area contributed by atoms with Crippen LogP contribution in [0.5, 0.6) is 5.75 Å². The van der Waals surface area contributed by atoms with Crippen molar-refractivity contribution < 1.29 is 24.2 Å². The van der Waals surface area contributed by atoms with Crippen LogP contribution in [0.15, 0.2) is 54.6 Å². The topological polar surface area (TPSA) is 105 Å². The average Bonchev–Trinajstić information content (AvgIpc) is 2.71. The summed E-state index contributed by atoms with van der Waals surface area (Å²) in [5, 5.41) is 14.7. The van der Waals surface area contributed by atoms with Crippen molar-refractivity contribution in [2.75, 3.05) is 19.7 Å². The van der Waals surface area contributed by atoms with Crippen molar-refractivity contribution in [2.24, 2.45) is 0 Å². The molecule has 28 heavy (non-hydrogen) atoms. The molecule has 0 aliphatic carbocycles. The number of carboxylic acid groups (broad SMARTS) is 1. The molecule has 0 radical (unpaired) electrons. The average molecular weight is 384 g/mol. The van der Waals surface area contributed by atoms with E-state index in [-0.39, 0.29) is 13.1 Å². The smallest absolute Gasteiger partial charge is 0.315 e. The summed E-state index contributed by atoms with van der Waals surface area (Å²) in [6.07, 6.45) is 0. The lowest BCUT2D eigenvalue weighted by Gasteiger charge is -2.25. The summed E-state index contributed by atoms with van der Waals surface area (Å²) >= 11 is 0. The molecule has 2 rings (SSSR count). The number of rotatable bonds is 9. The summed E-state index contributed by atoms with van der Waals surface area (Å²) < 4.78 is 5.31. The highest BCUT2D eigenvalue weighted by Crippen LogP contribution is 2.23. The Bertz CT molecular complexity index is 820. The molecule has 1 atom stereocenters. The van der Waals surface area contributed by atoms with Crippen LogP contribution in [0.3, 0.4) is 0 Å². The molecule has 0 spiro atoms. The molecular formula is C21H24N2O5. The van der Waals surface area contributed by atoms with Gasteiger partial charge in [0.15, 0.2) is 0 Å². The van der Waals surface area contributed by atoms with E-state index < -0.39 is 23.2 Å². The summed E-state index contributed by atoms with van der Waals surface area (Å²) in [5.41, 5.74) is -0.284. The fourth-order valence-electron chi connectivity index (χ4n) is 2.58. The Labute approximate surface area is 163 Å². The third-order valence-corrected chi connectivity index (χ3v) is 4.36. The first-order valence-electron chi connectivity index (χ1n) is 8.93. The Morgan fingerprint density at radius 2 is 1.64 bits per heavy atom. The number of amides is 2. The van der Waals surface area contributed by atoms with Gasteiger partial charge in [0.25, 0.3) is 5.91 Å².